The van der Waals surface area contributed by atoms with Gasteiger partial charge in [-0.1, -0.05) is 18.2 Å². The van der Waals surface area contributed by atoms with Crippen LogP contribution in [0.25, 0.3) is 5.69 Å². The molecule has 1 aliphatic rings. The minimum atomic E-state index is -0.466. The van der Waals surface area contributed by atoms with Gasteiger partial charge in [0.2, 0.25) is 11.8 Å². The van der Waals surface area contributed by atoms with Crippen LogP contribution in [-0.2, 0) is 6.42 Å². The maximum atomic E-state index is 11.1. The van der Waals surface area contributed by atoms with E-state index < -0.39 is 4.92 Å². The Labute approximate surface area is 155 Å². The molecule has 138 valence electrons. The Morgan fingerprint density at radius 2 is 2.04 bits per heavy atom. The summed E-state index contributed by atoms with van der Waals surface area (Å²) < 4.78 is 1.83. The van der Waals surface area contributed by atoms with E-state index in [-0.39, 0.29) is 17.5 Å². The lowest BCUT2D eigenvalue weighted by Crippen LogP contribution is -2.12. The number of nitrogens with one attached hydrogen (secondary N) is 2. The predicted molar refractivity (Wildman–Crippen MR) is 101 cm³/mol. The summed E-state index contributed by atoms with van der Waals surface area (Å²) in [6.45, 7) is 0.598. The van der Waals surface area contributed by atoms with Gasteiger partial charge in [-0.3, -0.25) is 10.1 Å². The van der Waals surface area contributed by atoms with Crippen molar-refractivity contribution in [2.45, 2.75) is 25.3 Å². The quantitative estimate of drug-likeness (QED) is 0.466. The average Bonchev–Trinajstić information content (AvgIpc) is 3.37. The van der Waals surface area contributed by atoms with Gasteiger partial charge < -0.3 is 10.6 Å². The van der Waals surface area contributed by atoms with Crippen molar-refractivity contribution < 1.29 is 4.92 Å². The molecule has 9 nitrogen and oxygen atoms in total. The van der Waals surface area contributed by atoms with Crippen LogP contribution >= 0.6 is 0 Å². The number of benzene rings is 1. The Morgan fingerprint density at radius 3 is 2.78 bits per heavy atom. The molecule has 0 saturated heterocycles. The number of anilines is 2. The lowest BCUT2D eigenvalue weighted by Gasteiger charge is -2.08. The first-order valence-electron chi connectivity index (χ1n) is 8.80. The third kappa shape index (κ3) is 4.20. The second kappa shape index (κ2) is 7.40. The molecule has 2 heterocycles. The largest absolute Gasteiger partial charge is 0.361 e. The van der Waals surface area contributed by atoms with E-state index >= 15 is 0 Å². The number of rotatable bonds is 8. The first kappa shape index (κ1) is 17.0. The maximum absolute atomic E-state index is 11.1. The molecule has 27 heavy (non-hydrogen) atoms. The number of para-hydroxylation sites is 1. The molecule has 2 aromatic heterocycles. The van der Waals surface area contributed by atoms with E-state index in [1.165, 1.54) is 6.20 Å². The summed E-state index contributed by atoms with van der Waals surface area (Å²) in [5, 5.41) is 21.7. The van der Waals surface area contributed by atoms with E-state index in [1.807, 2.05) is 47.4 Å². The second-order valence-corrected chi connectivity index (χ2v) is 6.41. The van der Waals surface area contributed by atoms with Gasteiger partial charge >= 0.3 is 5.69 Å². The van der Waals surface area contributed by atoms with Crippen molar-refractivity contribution in [1.29, 1.82) is 0 Å². The van der Waals surface area contributed by atoms with Crippen LogP contribution in [0.4, 0.5) is 17.5 Å². The van der Waals surface area contributed by atoms with Gasteiger partial charge in [0, 0.05) is 18.8 Å². The fourth-order valence-electron chi connectivity index (χ4n) is 2.65. The number of hydrogen-bond donors (Lipinski definition) is 2. The third-order valence-electron chi connectivity index (χ3n) is 4.24. The van der Waals surface area contributed by atoms with E-state index in [0.717, 1.165) is 30.5 Å². The topological polar surface area (TPSA) is 111 Å². The fourth-order valence-corrected chi connectivity index (χ4v) is 2.65. The van der Waals surface area contributed by atoms with Gasteiger partial charge in [0.15, 0.2) is 0 Å². The summed E-state index contributed by atoms with van der Waals surface area (Å²) in [7, 11) is 0. The van der Waals surface area contributed by atoms with E-state index in [1.54, 1.807) is 0 Å². The highest BCUT2D eigenvalue weighted by atomic mass is 16.6. The van der Waals surface area contributed by atoms with Gasteiger partial charge in [0.1, 0.15) is 6.20 Å². The molecule has 4 rings (SSSR count). The van der Waals surface area contributed by atoms with Gasteiger partial charge in [-0.2, -0.15) is 10.1 Å². The monoisotopic (exact) mass is 365 g/mol. The average molecular weight is 365 g/mol. The predicted octanol–water partition coefficient (Wildman–Crippen LogP) is 2.80. The summed E-state index contributed by atoms with van der Waals surface area (Å²) in [6, 6.07) is 10.2. The minimum absolute atomic E-state index is 0.100. The van der Waals surface area contributed by atoms with Gasteiger partial charge in [-0.25, -0.2) is 9.67 Å². The van der Waals surface area contributed by atoms with E-state index in [4.69, 9.17) is 0 Å². The highest BCUT2D eigenvalue weighted by Crippen LogP contribution is 2.29. The lowest BCUT2D eigenvalue weighted by atomic mass is 10.2. The molecule has 0 aliphatic heterocycles. The molecule has 2 N–H and O–H groups in total. The molecular formula is C18H19N7O2. The van der Waals surface area contributed by atoms with Crippen molar-refractivity contribution in [3.8, 4) is 5.69 Å². The molecule has 0 unspecified atom stereocenters. The van der Waals surface area contributed by atoms with Gasteiger partial charge in [-0.05, 0) is 37.0 Å². The van der Waals surface area contributed by atoms with Crippen molar-refractivity contribution in [3.05, 3.63) is 64.6 Å². The normalized spacial score (nSPS) is 13.3. The van der Waals surface area contributed by atoms with E-state index in [0.29, 0.717) is 12.5 Å². The number of nitro groups is 1. The molecule has 1 aliphatic carbocycles. The first-order chi connectivity index (χ1) is 13.2. The summed E-state index contributed by atoms with van der Waals surface area (Å²) in [4.78, 5) is 19.0. The second-order valence-electron chi connectivity index (χ2n) is 6.41. The Kier molecular flexibility index (Phi) is 4.65. The molecule has 1 aromatic carbocycles. The summed E-state index contributed by atoms with van der Waals surface area (Å²) >= 11 is 0. The van der Waals surface area contributed by atoms with Crippen molar-refractivity contribution in [3.63, 3.8) is 0 Å². The van der Waals surface area contributed by atoms with Gasteiger partial charge in [0.05, 0.1) is 16.8 Å². The van der Waals surface area contributed by atoms with Crippen LogP contribution in [0.15, 0.2) is 48.9 Å². The molecule has 0 radical (unpaired) electrons. The Balaban J connectivity index is 1.37. The Morgan fingerprint density at radius 1 is 1.22 bits per heavy atom. The highest BCUT2D eigenvalue weighted by Gasteiger charge is 2.26. The highest BCUT2D eigenvalue weighted by molar-refractivity contribution is 5.58. The third-order valence-corrected chi connectivity index (χ3v) is 4.24. The lowest BCUT2D eigenvalue weighted by molar-refractivity contribution is -0.384. The zero-order valence-corrected chi connectivity index (χ0v) is 14.6. The van der Waals surface area contributed by atoms with Gasteiger partial charge in [0.25, 0.3) is 0 Å². The number of hydrogen-bond acceptors (Lipinski definition) is 7. The van der Waals surface area contributed by atoms with Crippen LogP contribution < -0.4 is 10.6 Å². The molecule has 1 fully saturated rings. The molecule has 0 spiro atoms. The van der Waals surface area contributed by atoms with Crippen LogP contribution in [0, 0.1) is 10.1 Å². The molecule has 0 bridgehead atoms. The molecule has 0 atom stereocenters. The summed E-state index contributed by atoms with van der Waals surface area (Å²) in [6.07, 6.45) is 7.80. The SMILES string of the molecule is O=[N+]([O-])c1cnc(NCCc2cnn(-c3ccccc3)c2)nc1NC1CC1. The van der Waals surface area contributed by atoms with E-state index in [9.17, 15) is 10.1 Å². The van der Waals surface area contributed by atoms with Crippen LogP contribution in [0.5, 0.6) is 0 Å². The number of nitrogens with zero attached hydrogens (tertiary/aromatic N) is 5. The maximum Gasteiger partial charge on any atom is 0.329 e. The first-order valence-corrected chi connectivity index (χ1v) is 8.80. The number of aromatic nitrogens is 4. The minimum Gasteiger partial charge on any atom is -0.361 e. The Hall–Kier alpha value is -3.49. The van der Waals surface area contributed by atoms with Crippen molar-refractivity contribution in [2.75, 3.05) is 17.2 Å². The molecule has 3 aromatic rings. The van der Waals surface area contributed by atoms with E-state index in [2.05, 4.69) is 25.7 Å². The Bertz CT molecular complexity index is 938. The molecule has 1 saturated carbocycles. The van der Waals surface area contributed by atoms with Crippen LogP contribution in [-0.4, -0.2) is 37.3 Å². The van der Waals surface area contributed by atoms with Crippen molar-refractivity contribution >= 4 is 17.5 Å². The molecule has 9 heteroatoms. The zero-order chi connectivity index (χ0) is 18.6. The van der Waals surface area contributed by atoms with Crippen molar-refractivity contribution in [1.82, 2.24) is 19.7 Å². The fraction of sp³-hybridized carbons (Fsp3) is 0.278. The molecule has 0 amide bonds. The van der Waals surface area contributed by atoms with Gasteiger partial charge in [-0.15, -0.1) is 0 Å². The zero-order valence-electron chi connectivity index (χ0n) is 14.6. The summed E-state index contributed by atoms with van der Waals surface area (Å²) in [5.74, 6) is 0.649. The van der Waals surface area contributed by atoms with Crippen LogP contribution in [0.2, 0.25) is 0 Å². The van der Waals surface area contributed by atoms with Crippen LogP contribution in [0.3, 0.4) is 0 Å². The van der Waals surface area contributed by atoms with Crippen molar-refractivity contribution in [2.24, 2.45) is 0 Å². The smallest absolute Gasteiger partial charge is 0.329 e. The summed E-state index contributed by atoms with van der Waals surface area (Å²) in [5.41, 5.74) is 1.98. The van der Waals surface area contributed by atoms with Crippen LogP contribution in [0.1, 0.15) is 18.4 Å². The standard InChI is InChI=1S/C18H19N7O2/c26-25(27)16-11-20-18(23-17(16)22-14-6-7-14)19-9-8-13-10-21-24(12-13)15-4-2-1-3-5-15/h1-5,10-12,14H,6-9H2,(H2,19,20,22,23). The molecular weight excluding hydrogens is 346 g/mol.